The molecule has 0 radical (unpaired) electrons. The lowest BCUT2D eigenvalue weighted by atomic mass is 10.2. The normalized spacial score (nSPS) is 22.2. The summed E-state index contributed by atoms with van der Waals surface area (Å²) in [5.74, 6) is 0. The van der Waals surface area contributed by atoms with E-state index in [0.717, 1.165) is 13.0 Å². The quantitative estimate of drug-likeness (QED) is 0.591. The molecular formula is C8H17NO. The lowest BCUT2D eigenvalue weighted by molar-refractivity contribution is -0.0740. The molecule has 10 heavy (non-hydrogen) atoms. The summed E-state index contributed by atoms with van der Waals surface area (Å²) in [7, 11) is 0. The molecule has 1 aliphatic rings. The number of rotatable bonds is 4. The Hall–Kier alpha value is -0.0800. The van der Waals surface area contributed by atoms with Crippen LogP contribution in [-0.4, -0.2) is 30.8 Å². The van der Waals surface area contributed by atoms with Crippen molar-refractivity contribution in [2.24, 2.45) is 0 Å². The fourth-order valence-electron chi connectivity index (χ4n) is 1.10. The minimum absolute atomic E-state index is 0.355. The number of nitrogens with zero attached hydrogens (tertiary/aromatic N) is 1. The zero-order valence-electron chi connectivity index (χ0n) is 6.97. The van der Waals surface area contributed by atoms with E-state index in [1.165, 1.54) is 19.5 Å². The van der Waals surface area contributed by atoms with Gasteiger partial charge >= 0.3 is 0 Å². The minimum atomic E-state index is 0.355. The van der Waals surface area contributed by atoms with Gasteiger partial charge in [-0.1, -0.05) is 6.92 Å². The van der Waals surface area contributed by atoms with Gasteiger partial charge in [-0.05, 0) is 19.8 Å². The topological polar surface area (TPSA) is 12.5 Å². The van der Waals surface area contributed by atoms with E-state index in [-0.39, 0.29) is 0 Å². The molecule has 0 aromatic heterocycles. The van der Waals surface area contributed by atoms with Crippen LogP contribution in [0.25, 0.3) is 0 Å². The third-order valence-electron chi connectivity index (χ3n) is 1.97. The van der Waals surface area contributed by atoms with Crippen LogP contribution in [0.15, 0.2) is 0 Å². The maximum Gasteiger partial charge on any atom is 0.107 e. The monoisotopic (exact) mass is 143 g/mol. The molecule has 1 saturated heterocycles. The molecule has 0 amide bonds. The standard InChI is InChI=1S/C8H17NO/c1-3-7-10-8(2)9-5-4-6-9/h8H,3-7H2,1-2H3/t8-/m0/s1. The van der Waals surface area contributed by atoms with Gasteiger partial charge in [-0.2, -0.15) is 0 Å². The lowest BCUT2D eigenvalue weighted by Crippen LogP contribution is -2.44. The van der Waals surface area contributed by atoms with E-state index in [1.54, 1.807) is 0 Å². The molecule has 0 N–H and O–H groups in total. The molecule has 0 saturated carbocycles. The van der Waals surface area contributed by atoms with Gasteiger partial charge in [0.05, 0.1) is 0 Å². The molecule has 0 spiro atoms. The summed E-state index contributed by atoms with van der Waals surface area (Å²) in [6, 6.07) is 0. The van der Waals surface area contributed by atoms with Gasteiger partial charge < -0.3 is 4.74 Å². The van der Waals surface area contributed by atoms with Crippen LogP contribution in [0, 0.1) is 0 Å². The molecule has 1 fully saturated rings. The Morgan fingerprint density at radius 2 is 2.20 bits per heavy atom. The van der Waals surface area contributed by atoms with E-state index in [9.17, 15) is 0 Å². The Labute approximate surface area is 63.2 Å². The Kier molecular flexibility index (Phi) is 3.16. The molecule has 0 unspecified atom stereocenters. The van der Waals surface area contributed by atoms with Gasteiger partial charge in [-0.25, -0.2) is 0 Å². The van der Waals surface area contributed by atoms with Crippen LogP contribution in [0.3, 0.4) is 0 Å². The van der Waals surface area contributed by atoms with Crippen molar-refractivity contribution in [1.29, 1.82) is 0 Å². The summed E-state index contributed by atoms with van der Waals surface area (Å²) in [6.45, 7) is 7.63. The molecule has 0 aromatic rings. The first kappa shape index (κ1) is 8.02. The first-order valence-corrected chi connectivity index (χ1v) is 4.20. The second kappa shape index (κ2) is 3.94. The van der Waals surface area contributed by atoms with Gasteiger partial charge in [-0.3, -0.25) is 4.90 Å². The largest absolute Gasteiger partial charge is 0.363 e. The van der Waals surface area contributed by atoms with E-state index in [2.05, 4.69) is 18.7 Å². The van der Waals surface area contributed by atoms with Crippen molar-refractivity contribution in [1.82, 2.24) is 4.90 Å². The summed E-state index contributed by atoms with van der Waals surface area (Å²) < 4.78 is 5.52. The lowest BCUT2D eigenvalue weighted by Gasteiger charge is -2.35. The van der Waals surface area contributed by atoms with Gasteiger partial charge in [0.25, 0.3) is 0 Å². The number of ether oxygens (including phenoxy) is 1. The summed E-state index contributed by atoms with van der Waals surface area (Å²) >= 11 is 0. The maximum absolute atomic E-state index is 5.52. The zero-order chi connectivity index (χ0) is 7.40. The molecule has 2 nitrogen and oxygen atoms in total. The Balaban J connectivity index is 2.02. The van der Waals surface area contributed by atoms with Crippen molar-refractivity contribution < 1.29 is 4.74 Å². The molecule has 60 valence electrons. The van der Waals surface area contributed by atoms with Gasteiger partial charge in [0.1, 0.15) is 6.23 Å². The van der Waals surface area contributed by atoms with E-state index < -0.39 is 0 Å². The molecule has 2 heteroatoms. The highest BCUT2D eigenvalue weighted by Crippen LogP contribution is 2.11. The van der Waals surface area contributed by atoms with E-state index in [1.807, 2.05) is 0 Å². The van der Waals surface area contributed by atoms with Crippen molar-refractivity contribution >= 4 is 0 Å². The third-order valence-corrected chi connectivity index (χ3v) is 1.97. The van der Waals surface area contributed by atoms with Crippen molar-refractivity contribution in [3.05, 3.63) is 0 Å². The number of hydrogen-bond donors (Lipinski definition) is 0. The van der Waals surface area contributed by atoms with Crippen LogP contribution in [0.2, 0.25) is 0 Å². The highest BCUT2D eigenvalue weighted by molar-refractivity contribution is 4.69. The SMILES string of the molecule is CCCO[C@@H](C)N1CCC1. The smallest absolute Gasteiger partial charge is 0.107 e. The second-order valence-electron chi connectivity index (χ2n) is 2.86. The maximum atomic E-state index is 5.52. The summed E-state index contributed by atoms with van der Waals surface area (Å²) in [4.78, 5) is 2.36. The molecular weight excluding hydrogens is 126 g/mol. The Bertz CT molecular complexity index is 91.3. The molecule has 1 heterocycles. The Morgan fingerprint density at radius 1 is 1.50 bits per heavy atom. The third kappa shape index (κ3) is 1.96. The van der Waals surface area contributed by atoms with E-state index in [4.69, 9.17) is 4.74 Å². The van der Waals surface area contributed by atoms with E-state index >= 15 is 0 Å². The predicted molar refractivity (Wildman–Crippen MR) is 41.9 cm³/mol. The van der Waals surface area contributed by atoms with Crippen LogP contribution in [0.5, 0.6) is 0 Å². The molecule has 0 aromatic carbocycles. The first-order chi connectivity index (χ1) is 4.84. The predicted octanol–water partition coefficient (Wildman–Crippen LogP) is 1.46. The van der Waals surface area contributed by atoms with Gasteiger partial charge in [0, 0.05) is 19.7 Å². The van der Waals surface area contributed by atoms with Gasteiger partial charge in [0.2, 0.25) is 0 Å². The number of hydrogen-bond acceptors (Lipinski definition) is 2. The average Bonchev–Trinajstić information content (AvgIpc) is 1.79. The molecule has 0 bridgehead atoms. The molecule has 1 atom stereocenters. The summed E-state index contributed by atoms with van der Waals surface area (Å²) in [6.07, 6.45) is 2.83. The fraction of sp³-hybridized carbons (Fsp3) is 1.00. The highest BCUT2D eigenvalue weighted by Gasteiger charge is 2.19. The van der Waals surface area contributed by atoms with Crippen LogP contribution in [0.1, 0.15) is 26.7 Å². The summed E-state index contributed by atoms with van der Waals surface area (Å²) in [5, 5.41) is 0. The second-order valence-corrected chi connectivity index (χ2v) is 2.86. The minimum Gasteiger partial charge on any atom is -0.363 e. The van der Waals surface area contributed by atoms with Crippen molar-refractivity contribution in [3.63, 3.8) is 0 Å². The Morgan fingerprint density at radius 3 is 2.60 bits per heavy atom. The molecule has 0 aliphatic carbocycles. The van der Waals surface area contributed by atoms with E-state index in [0.29, 0.717) is 6.23 Å². The first-order valence-electron chi connectivity index (χ1n) is 4.20. The van der Waals surface area contributed by atoms with Crippen LogP contribution in [-0.2, 0) is 4.74 Å². The van der Waals surface area contributed by atoms with Crippen LogP contribution < -0.4 is 0 Å². The molecule has 1 rings (SSSR count). The van der Waals surface area contributed by atoms with Crippen molar-refractivity contribution in [2.45, 2.75) is 32.9 Å². The van der Waals surface area contributed by atoms with Gasteiger partial charge in [-0.15, -0.1) is 0 Å². The molecule has 1 aliphatic heterocycles. The highest BCUT2D eigenvalue weighted by atomic mass is 16.5. The van der Waals surface area contributed by atoms with Crippen LogP contribution in [0.4, 0.5) is 0 Å². The average molecular weight is 143 g/mol. The number of likely N-dealkylation sites (tertiary alicyclic amines) is 1. The van der Waals surface area contributed by atoms with Crippen molar-refractivity contribution in [2.75, 3.05) is 19.7 Å². The van der Waals surface area contributed by atoms with Gasteiger partial charge in [0.15, 0.2) is 0 Å². The van der Waals surface area contributed by atoms with Crippen LogP contribution >= 0.6 is 0 Å². The fourth-order valence-corrected chi connectivity index (χ4v) is 1.10. The van der Waals surface area contributed by atoms with Crippen molar-refractivity contribution in [3.8, 4) is 0 Å². The zero-order valence-corrected chi connectivity index (χ0v) is 6.97. The summed E-state index contributed by atoms with van der Waals surface area (Å²) in [5.41, 5.74) is 0.